The fourth-order valence-electron chi connectivity index (χ4n) is 2.53. The van der Waals surface area contributed by atoms with Gasteiger partial charge in [0, 0.05) is 13.1 Å². The van der Waals surface area contributed by atoms with E-state index < -0.39 is 6.09 Å². The molecule has 1 aromatic carbocycles. The van der Waals surface area contributed by atoms with E-state index in [4.69, 9.17) is 4.74 Å². The maximum atomic E-state index is 11.8. The Hall–Kier alpha value is -2.56. The molecule has 0 saturated carbocycles. The highest BCUT2D eigenvalue weighted by Gasteiger charge is 2.19. The molecule has 1 N–H and O–H groups in total. The average Bonchev–Trinajstić information content (AvgIpc) is 2.95. The molecule has 1 unspecified atom stereocenters. The van der Waals surface area contributed by atoms with Crippen LogP contribution in [-0.2, 0) is 0 Å². The maximum Gasteiger partial charge on any atom is 0.417 e. The van der Waals surface area contributed by atoms with E-state index in [0.717, 1.165) is 18.9 Å². The van der Waals surface area contributed by atoms with Crippen LogP contribution >= 0.6 is 0 Å². The number of benzene rings is 1. The van der Waals surface area contributed by atoms with Crippen LogP contribution in [0.3, 0.4) is 0 Å². The van der Waals surface area contributed by atoms with E-state index in [0.29, 0.717) is 17.4 Å². The van der Waals surface area contributed by atoms with Crippen LogP contribution < -0.4 is 15.0 Å². The molecule has 1 aliphatic rings. The van der Waals surface area contributed by atoms with Crippen molar-refractivity contribution in [2.45, 2.75) is 13.3 Å². The Morgan fingerprint density at radius 1 is 1.27 bits per heavy atom. The zero-order chi connectivity index (χ0) is 15.4. The number of carbonyl (C=O) groups is 1. The van der Waals surface area contributed by atoms with E-state index in [-0.39, 0.29) is 0 Å². The fourth-order valence-corrected chi connectivity index (χ4v) is 2.53. The SMILES string of the molecule is CC1CCN(c2ccc(NC(=O)Oc3ccccc3)cn2)C1. The normalized spacial score (nSPS) is 17.3. The van der Waals surface area contributed by atoms with Crippen molar-refractivity contribution in [2.24, 2.45) is 5.92 Å². The van der Waals surface area contributed by atoms with Crippen molar-refractivity contribution >= 4 is 17.6 Å². The van der Waals surface area contributed by atoms with Crippen molar-refractivity contribution in [1.29, 1.82) is 0 Å². The number of nitrogens with zero attached hydrogens (tertiary/aromatic N) is 2. The van der Waals surface area contributed by atoms with Gasteiger partial charge in [0.15, 0.2) is 0 Å². The van der Waals surface area contributed by atoms with Crippen LogP contribution in [0.15, 0.2) is 48.7 Å². The highest BCUT2D eigenvalue weighted by atomic mass is 16.6. The van der Waals surface area contributed by atoms with Crippen molar-refractivity contribution in [3.8, 4) is 5.75 Å². The lowest BCUT2D eigenvalue weighted by molar-refractivity contribution is 0.215. The number of pyridine rings is 1. The number of hydrogen-bond donors (Lipinski definition) is 1. The van der Waals surface area contributed by atoms with Crippen LogP contribution in [0.2, 0.25) is 0 Å². The summed E-state index contributed by atoms with van der Waals surface area (Å²) in [6.07, 6.45) is 2.34. The van der Waals surface area contributed by atoms with Crippen LogP contribution in [0.1, 0.15) is 13.3 Å². The molecule has 2 heterocycles. The van der Waals surface area contributed by atoms with E-state index >= 15 is 0 Å². The predicted molar refractivity (Wildman–Crippen MR) is 86.3 cm³/mol. The molecule has 1 aromatic heterocycles. The summed E-state index contributed by atoms with van der Waals surface area (Å²) < 4.78 is 5.17. The molecule has 1 aliphatic heterocycles. The molecule has 0 spiro atoms. The molecule has 2 aromatic rings. The van der Waals surface area contributed by atoms with Crippen molar-refractivity contribution in [3.05, 3.63) is 48.7 Å². The van der Waals surface area contributed by atoms with E-state index in [1.165, 1.54) is 6.42 Å². The molecule has 0 aliphatic carbocycles. The van der Waals surface area contributed by atoms with Gasteiger partial charge >= 0.3 is 6.09 Å². The molecule has 0 bridgehead atoms. The van der Waals surface area contributed by atoms with Crippen LogP contribution in [-0.4, -0.2) is 24.2 Å². The Kier molecular flexibility index (Phi) is 4.23. The fraction of sp³-hybridized carbons (Fsp3) is 0.294. The lowest BCUT2D eigenvalue weighted by atomic mass is 10.2. The Morgan fingerprint density at radius 3 is 2.73 bits per heavy atom. The lowest BCUT2D eigenvalue weighted by Crippen LogP contribution is -2.20. The summed E-state index contributed by atoms with van der Waals surface area (Å²) in [6, 6.07) is 12.7. The Bertz CT molecular complexity index is 628. The summed E-state index contributed by atoms with van der Waals surface area (Å²) in [6.45, 7) is 4.32. The molecule has 1 amide bonds. The van der Waals surface area contributed by atoms with Crippen molar-refractivity contribution < 1.29 is 9.53 Å². The second-order valence-corrected chi connectivity index (χ2v) is 5.57. The molecular weight excluding hydrogens is 278 g/mol. The van der Waals surface area contributed by atoms with Crippen LogP contribution in [0.4, 0.5) is 16.3 Å². The predicted octanol–water partition coefficient (Wildman–Crippen LogP) is 3.54. The molecule has 3 rings (SSSR count). The van der Waals surface area contributed by atoms with Crippen molar-refractivity contribution in [2.75, 3.05) is 23.3 Å². The number of ether oxygens (including phenoxy) is 1. The minimum absolute atomic E-state index is 0.510. The molecule has 114 valence electrons. The third kappa shape index (κ3) is 3.55. The van der Waals surface area contributed by atoms with Gasteiger partial charge in [-0.25, -0.2) is 9.78 Å². The zero-order valence-corrected chi connectivity index (χ0v) is 12.5. The van der Waals surface area contributed by atoms with E-state index in [1.54, 1.807) is 18.3 Å². The molecule has 22 heavy (non-hydrogen) atoms. The smallest absolute Gasteiger partial charge is 0.410 e. The van der Waals surface area contributed by atoms with Gasteiger partial charge in [-0.3, -0.25) is 5.32 Å². The standard InChI is InChI=1S/C17H19N3O2/c1-13-9-10-20(12-13)16-8-7-14(11-18-16)19-17(21)22-15-5-3-2-4-6-15/h2-8,11,13H,9-10,12H2,1H3,(H,19,21). The van der Waals surface area contributed by atoms with Gasteiger partial charge in [0.2, 0.25) is 0 Å². The first-order chi connectivity index (χ1) is 10.7. The number of anilines is 2. The summed E-state index contributed by atoms with van der Waals surface area (Å²) in [7, 11) is 0. The third-order valence-electron chi connectivity index (χ3n) is 3.70. The number of amides is 1. The number of para-hydroxylation sites is 1. The first kappa shape index (κ1) is 14.4. The molecule has 1 fully saturated rings. The second kappa shape index (κ2) is 6.47. The zero-order valence-electron chi connectivity index (χ0n) is 12.5. The summed E-state index contributed by atoms with van der Waals surface area (Å²) in [5, 5.41) is 2.67. The van der Waals surface area contributed by atoms with Crippen LogP contribution in [0.5, 0.6) is 5.75 Å². The molecule has 5 nitrogen and oxygen atoms in total. The number of carbonyl (C=O) groups excluding carboxylic acids is 1. The van der Waals surface area contributed by atoms with Gasteiger partial charge in [0.25, 0.3) is 0 Å². The number of aromatic nitrogens is 1. The molecule has 1 saturated heterocycles. The van der Waals surface area contributed by atoms with Crippen molar-refractivity contribution in [1.82, 2.24) is 4.98 Å². The minimum atomic E-state index is -0.518. The van der Waals surface area contributed by atoms with Gasteiger partial charge < -0.3 is 9.64 Å². The Labute approximate surface area is 129 Å². The highest BCUT2D eigenvalue weighted by molar-refractivity contribution is 5.86. The maximum absolute atomic E-state index is 11.8. The summed E-state index contributed by atoms with van der Waals surface area (Å²) in [4.78, 5) is 18.5. The Morgan fingerprint density at radius 2 is 2.09 bits per heavy atom. The highest BCUT2D eigenvalue weighted by Crippen LogP contribution is 2.22. The van der Waals surface area contributed by atoms with Crippen LogP contribution in [0, 0.1) is 5.92 Å². The number of hydrogen-bond acceptors (Lipinski definition) is 4. The average molecular weight is 297 g/mol. The quantitative estimate of drug-likeness (QED) is 0.941. The van der Waals surface area contributed by atoms with Gasteiger partial charge in [-0.15, -0.1) is 0 Å². The first-order valence-corrected chi connectivity index (χ1v) is 7.45. The number of nitrogens with one attached hydrogen (secondary N) is 1. The lowest BCUT2D eigenvalue weighted by Gasteiger charge is -2.17. The van der Waals surface area contributed by atoms with Gasteiger partial charge in [0.1, 0.15) is 11.6 Å². The van der Waals surface area contributed by atoms with Gasteiger partial charge in [-0.1, -0.05) is 25.1 Å². The summed E-state index contributed by atoms with van der Waals surface area (Å²) in [5.41, 5.74) is 0.622. The summed E-state index contributed by atoms with van der Waals surface area (Å²) >= 11 is 0. The van der Waals surface area contributed by atoms with Crippen molar-refractivity contribution in [3.63, 3.8) is 0 Å². The van der Waals surface area contributed by atoms with E-state index in [1.807, 2.05) is 30.3 Å². The third-order valence-corrected chi connectivity index (χ3v) is 3.70. The number of rotatable bonds is 3. The van der Waals surface area contributed by atoms with Crippen LogP contribution in [0.25, 0.3) is 0 Å². The van der Waals surface area contributed by atoms with E-state index in [9.17, 15) is 4.79 Å². The van der Waals surface area contributed by atoms with Gasteiger partial charge in [-0.2, -0.15) is 0 Å². The molecule has 0 radical (unpaired) electrons. The molecule has 5 heteroatoms. The minimum Gasteiger partial charge on any atom is -0.410 e. The Balaban J connectivity index is 1.58. The van der Waals surface area contributed by atoms with Gasteiger partial charge in [-0.05, 0) is 36.6 Å². The molecule has 1 atom stereocenters. The second-order valence-electron chi connectivity index (χ2n) is 5.57. The summed E-state index contributed by atoms with van der Waals surface area (Å²) in [5.74, 6) is 2.17. The molecular formula is C17H19N3O2. The largest absolute Gasteiger partial charge is 0.417 e. The van der Waals surface area contributed by atoms with Gasteiger partial charge in [0.05, 0.1) is 11.9 Å². The topological polar surface area (TPSA) is 54.5 Å². The first-order valence-electron chi connectivity index (χ1n) is 7.45. The van der Waals surface area contributed by atoms with E-state index in [2.05, 4.69) is 22.1 Å². The monoisotopic (exact) mass is 297 g/mol.